The molecule has 9 heteroatoms. The SMILES string of the molecule is CC/C=C\C/C=C\C/C=C\C/C=C\C/C=C\CCCCOCC(COP(=O)([O-])OCC[N+](C)(C)C)OC(=O)CCCCCCCCCCCC/C=C\C/C=C\C/C=C\CCCCCCC. The molecule has 8 nitrogen and oxygen atoms in total. The summed E-state index contributed by atoms with van der Waals surface area (Å²) in [4.78, 5) is 25.2. The van der Waals surface area contributed by atoms with Gasteiger partial charge >= 0.3 is 5.97 Å². The van der Waals surface area contributed by atoms with E-state index in [9.17, 15) is 14.3 Å². The van der Waals surface area contributed by atoms with Crippen molar-refractivity contribution in [2.45, 2.75) is 200 Å². The number of phosphoric acid groups is 1. The van der Waals surface area contributed by atoms with E-state index in [-0.39, 0.29) is 25.8 Å². The highest BCUT2D eigenvalue weighted by Gasteiger charge is 2.20. The summed E-state index contributed by atoms with van der Waals surface area (Å²) in [7, 11) is 1.31. The van der Waals surface area contributed by atoms with Crippen LogP contribution in [-0.4, -0.2) is 70.7 Å². The summed E-state index contributed by atoms with van der Waals surface area (Å²) in [5, 5.41) is 0. The van der Waals surface area contributed by atoms with Crippen molar-refractivity contribution < 1.29 is 37.3 Å². The third-order valence-electron chi connectivity index (χ3n) is 10.6. The third kappa shape index (κ3) is 52.3. The van der Waals surface area contributed by atoms with Crippen molar-refractivity contribution in [1.82, 2.24) is 0 Å². The molecule has 0 aliphatic heterocycles. The number of nitrogens with zero attached hydrogens (tertiary/aromatic N) is 1. The number of unbranched alkanes of at least 4 members (excludes halogenated alkanes) is 17. The van der Waals surface area contributed by atoms with Crippen LogP contribution in [0.3, 0.4) is 0 Å². The van der Waals surface area contributed by atoms with Crippen molar-refractivity contribution >= 4 is 13.8 Å². The highest BCUT2D eigenvalue weighted by molar-refractivity contribution is 7.45. The fourth-order valence-corrected chi connectivity index (χ4v) is 7.37. The normalized spacial score (nSPS) is 14.4. The average molecular weight is 928 g/mol. The zero-order valence-electron chi connectivity index (χ0n) is 42.4. The van der Waals surface area contributed by atoms with Crippen molar-refractivity contribution in [3.05, 3.63) is 97.2 Å². The zero-order chi connectivity index (χ0) is 47.6. The van der Waals surface area contributed by atoms with Gasteiger partial charge in [-0.05, 0) is 96.3 Å². The van der Waals surface area contributed by atoms with E-state index in [0.717, 1.165) is 83.5 Å². The molecule has 0 spiro atoms. The maximum atomic E-state index is 12.8. The van der Waals surface area contributed by atoms with Crippen LogP contribution in [-0.2, 0) is 27.9 Å². The van der Waals surface area contributed by atoms with Crippen LogP contribution in [0.5, 0.6) is 0 Å². The highest BCUT2D eigenvalue weighted by Crippen LogP contribution is 2.38. The first-order valence-electron chi connectivity index (χ1n) is 26.0. The highest BCUT2D eigenvalue weighted by atomic mass is 31.2. The molecule has 2 atom stereocenters. The Morgan fingerprint density at radius 2 is 0.892 bits per heavy atom. The van der Waals surface area contributed by atoms with E-state index < -0.39 is 13.9 Å². The van der Waals surface area contributed by atoms with Gasteiger partial charge in [0, 0.05) is 13.0 Å². The monoisotopic (exact) mass is 928 g/mol. The van der Waals surface area contributed by atoms with Gasteiger partial charge in [-0.1, -0.05) is 188 Å². The molecule has 0 aliphatic rings. The fourth-order valence-electron chi connectivity index (χ4n) is 6.64. The Hall–Kier alpha value is -2.58. The van der Waals surface area contributed by atoms with Gasteiger partial charge in [0.1, 0.15) is 19.3 Å². The largest absolute Gasteiger partial charge is 0.756 e. The van der Waals surface area contributed by atoms with Gasteiger partial charge in [0.15, 0.2) is 0 Å². The van der Waals surface area contributed by atoms with E-state index in [2.05, 4.69) is 111 Å². The number of carbonyl (C=O) groups is 1. The number of phosphoric ester groups is 1. The number of hydrogen-bond acceptors (Lipinski definition) is 7. The second-order valence-corrected chi connectivity index (χ2v) is 19.6. The molecule has 0 heterocycles. The molecule has 65 heavy (non-hydrogen) atoms. The standard InChI is InChI=1S/C56H98NO7P/c1-6-8-10-12-14-16-18-20-22-24-26-27-28-29-30-31-32-33-35-37-39-41-43-45-47-49-56(58)64-55(54-63-65(59,60)62-52-50-57(3,4)5)53-61-51-48-46-44-42-40-38-36-34-25-23-21-19-17-15-13-11-9-7-2/h9,11,15,17-18,20-21,23-24,26,28-29,34,36,40,42,55H,6-8,10,12-14,16,19,22,25,27,30-33,35,37-39,41,43-54H2,1-5H3/b11-9-,17-15-,20-18-,23-21-,26-24-,29-28-,36-34-,42-40-. The lowest BCUT2D eigenvalue weighted by molar-refractivity contribution is -0.870. The van der Waals surface area contributed by atoms with Crippen LogP contribution in [0.25, 0.3) is 0 Å². The molecule has 0 fully saturated rings. The molecule has 2 unspecified atom stereocenters. The molecule has 0 radical (unpaired) electrons. The van der Waals surface area contributed by atoms with Gasteiger partial charge in [0.05, 0.1) is 34.4 Å². The molecule has 0 aromatic rings. The summed E-state index contributed by atoms with van der Waals surface area (Å²) in [5.41, 5.74) is 0. The predicted octanol–water partition coefficient (Wildman–Crippen LogP) is 15.5. The molecule has 0 aromatic heterocycles. The lowest BCUT2D eigenvalue weighted by atomic mass is 10.0. The van der Waals surface area contributed by atoms with Gasteiger partial charge in [-0.3, -0.25) is 9.36 Å². The Labute approximate surface area is 400 Å². The molecular weight excluding hydrogens is 830 g/mol. The Balaban J connectivity index is 4.22. The van der Waals surface area contributed by atoms with E-state index in [4.69, 9.17) is 18.5 Å². The number of allylic oxidation sites excluding steroid dienone is 16. The molecule has 0 saturated heterocycles. The molecule has 0 saturated carbocycles. The summed E-state index contributed by atoms with van der Waals surface area (Å²) in [6.45, 7) is 5.16. The maximum Gasteiger partial charge on any atom is 0.306 e. The number of quaternary nitrogens is 1. The van der Waals surface area contributed by atoms with Gasteiger partial charge in [-0.15, -0.1) is 0 Å². The Morgan fingerprint density at radius 3 is 1.34 bits per heavy atom. The molecule has 0 amide bonds. The van der Waals surface area contributed by atoms with Gasteiger partial charge in [0.2, 0.25) is 0 Å². The number of rotatable bonds is 47. The van der Waals surface area contributed by atoms with Crippen LogP contribution in [0.2, 0.25) is 0 Å². The number of carbonyl (C=O) groups excluding carboxylic acids is 1. The quantitative estimate of drug-likeness (QED) is 0.0197. The van der Waals surface area contributed by atoms with Crippen molar-refractivity contribution in [2.24, 2.45) is 0 Å². The first-order chi connectivity index (χ1) is 31.6. The minimum atomic E-state index is -4.55. The van der Waals surface area contributed by atoms with E-state index >= 15 is 0 Å². The Kier molecular flexibility index (Phi) is 46.0. The van der Waals surface area contributed by atoms with Crippen LogP contribution in [0, 0.1) is 0 Å². The maximum absolute atomic E-state index is 12.8. The summed E-state index contributed by atoms with van der Waals surface area (Å²) >= 11 is 0. The summed E-state index contributed by atoms with van der Waals surface area (Å²) in [5.74, 6) is -0.356. The molecule has 0 aromatic carbocycles. The van der Waals surface area contributed by atoms with E-state index in [1.165, 1.54) is 89.9 Å². The van der Waals surface area contributed by atoms with Crippen LogP contribution in [0.1, 0.15) is 194 Å². The molecule has 374 valence electrons. The fraction of sp³-hybridized carbons (Fsp3) is 0.696. The molecule has 0 rings (SSSR count). The molecular formula is C56H98NO7P. The van der Waals surface area contributed by atoms with Gasteiger partial charge < -0.3 is 27.9 Å². The molecule has 0 N–H and O–H groups in total. The van der Waals surface area contributed by atoms with E-state index in [1.54, 1.807) is 0 Å². The minimum absolute atomic E-state index is 0.0114. The van der Waals surface area contributed by atoms with Crippen LogP contribution in [0.15, 0.2) is 97.2 Å². The van der Waals surface area contributed by atoms with E-state index in [1.807, 2.05) is 21.1 Å². The van der Waals surface area contributed by atoms with E-state index in [0.29, 0.717) is 24.1 Å². The van der Waals surface area contributed by atoms with Crippen LogP contribution < -0.4 is 4.89 Å². The smallest absolute Gasteiger partial charge is 0.306 e. The third-order valence-corrected chi connectivity index (χ3v) is 11.6. The second-order valence-electron chi connectivity index (χ2n) is 18.1. The Morgan fingerprint density at radius 1 is 0.492 bits per heavy atom. The van der Waals surface area contributed by atoms with Gasteiger partial charge in [-0.2, -0.15) is 0 Å². The predicted molar refractivity (Wildman–Crippen MR) is 277 cm³/mol. The molecule has 0 bridgehead atoms. The molecule has 0 aliphatic carbocycles. The minimum Gasteiger partial charge on any atom is -0.756 e. The van der Waals surface area contributed by atoms with Crippen molar-refractivity contribution in [2.75, 3.05) is 54.1 Å². The lowest BCUT2D eigenvalue weighted by Crippen LogP contribution is -2.37. The van der Waals surface area contributed by atoms with Crippen LogP contribution >= 0.6 is 7.82 Å². The van der Waals surface area contributed by atoms with Gasteiger partial charge in [-0.25, -0.2) is 0 Å². The number of esters is 1. The Bertz CT molecular complexity index is 1360. The zero-order valence-corrected chi connectivity index (χ0v) is 43.3. The first-order valence-corrected chi connectivity index (χ1v) is 27.4. The van der Waals surface area contributed by atoms with Crippen molar-refractivity contribution in [1.29, 1.82) is 0 Å². The number of ether oxygens (including phenoxy) is 2. The summed E-state index contributed by atoms with van der Waals surface area (Å²) in [6, 6.07) is 0. The first kappa shape index (κ1) is 62.4. The number of hydrogen-bond donors (Lipinski definition) is 0. The number of likely N-dealkylation sites (N-methyl/N-ethyl adjacent to an activating group) is 1. The topological polar surface area (TPSA) is 94.1 Å². The summed E-state index contributed by atoms with van der Waals surface area (Å²) in [6.07, 6.45) is 65.8. The van der Waals surface area contributed by atoms with Gasteiger partial charge in [0.25, 0.3) is 7.82 Å². The average Bonchev–Trinajstić information content (AvgIpc) is 3.27. The van der Waals surface area contributed by atoms with Crippen molar-refractivity contribution in [3.8, 4) is 0 Å². The lowest BCUT2D eigenvalue weighted by Gasteiger charge is -2.28. The van der Waals surface area contributed by atoms with Crippen LogP contribution in [0.4, 0.5) is 0 Å². The second kappa shape index (κ2) is 47.9. The van der Waals surface area contributed by atoms with Crippen molar-refractivity contribution in [3.63, 3.8) is 0 Å². The summed E-state index contributed by atoms with van der Waals surface area (Å²) < 4.78 is 34.7.